The van der Waals surface area contributed by atoms with Gasteiger partial charge < -0.3 is 10.1 Å². The van der Waals surface area contributed by atoms with E-state index in [1.807, 2.05) is 16.8 Å². The molecule has 0 aliphatic heterocycles. The van der Waals surface area contributed by atoms with E-state index >= 15 is 0 Å². The highest BCUT2D eigenvalue weighted by Crippen LogP contribution is 2.24. The van der Waals surface area contributed by atoms with Gasteiger partial charge in [0, 0.05) is 23.8 Å². The van der Waals surface area contributed by atoms with Crippen molar-refractivity contribution in [1.29, 1.82) is 0 Å². The summed E-state index contributed by atoms with van der Waals surface area (Å²) in [5, 5.41) is 0. The molecule has 2 aromatic heterocycles. The molecule has 0 bridgehead atoms. The van der Waals surface area contributed by atoms with E-state index in [2.05, 4.69) is 49.3 Å². The molecule has 0 aliphatic rings. The van der Waals surface area contributed by atoms with Crippen molar-refractivity contribution in [1.82, 2.24) is 9.38 Å². The third-order valence-electron chi connectivity index (χ3n) is 3.59. The van der Waals surface area contributed by atoms with E-state index in [0.29, 0.717) is 6.54 Å². The van der Waals surface area contributed by atoms with Crippen LogP contribution in [0.4, 0.5) is 0 Å². The molecule has 19 heavy (non-hydrogen) atoms. The third kappa shape index (κ3) is 2.13. The maximum atomic E-state index is 5.62. The highest BCUT2D eigenvalue weighted by molar-refractivity contribution is 5.71. The Morgan fingerprint density at radius 3 is 2.63 bits per heavy atom. The average molecular weight is 251 g/mol. The van der Waals surface area contributed by atoms with Gasteiger partial charge in [0.05, 0.1) is 12.0 Å². The van der Waals surface area contributed by atoms with Crippen LogP contribution in [-0.2, 0) is 6.54 Å². The number of hydrogen-bond acceptors (Lipinski definition) is 2. The van der Waals surface area contributed by atoms with E-state index < -0.39 is 0 Å². The normalized spacial score (nSPS) is 11.1. The van der Waals surface area contributed by atoms with Crippen LogP contribution in [0.1, 0.15) is 16.8 Å². The van der Waals surface area contributed by atoms with Gasteiger partial charge in [0.15, 0.2) is 0 Å². The van der Waals surface area contributed by atoms with Crippen molar-refractivity contribution in [2.45, 2.75) is 20.4 Å². The lowest BCUT2D eigenvalue weighted by Crippen LogP contribution is -2.00. The van der Waals surface area contributed by atoms with Gasteiger partial charge in [-0.15, -0.1) is 0 Å². The molecule has 0 unspecified atom stereocenters. The average Bonchev–Trinajstić information content (AvgIpc) is 2.84. The highest BCUT2D eigenvalue weighted by atomic mass is 14.9. The zero-order valence-corrected chi connectivity index (χ0v) is 11.2. The molecule has 3 rings (SSSR count). The number of rotatable bonds is 2. The zero-order chi connectivity index (χ0) is 13.4. The van der Waals surface area contributed by atoms with Crippen LogP contribution in [0, 0.1) is 13.8 Å². The van der Waals surface area contributed by atoms with Crippen molar-refractivity contribution >= 4 is 5.52 Å². The Morgan fingerprint density at radius 1 is 1.05 bits per heavy atom. The molecule has 3 aromatic rings. The molecular weight excluding hydrogens is 234 g/mol. The molecule has 2 N–H and O–H groups in total. The van der Waals surface area contributed by atoms with Crippen LogP contribution < -0.4 is 5.73 Å². The van der Waals surface area contributed by atoms with E-state index in [-0.39, 0.29) is 0 Å². The monoisotopic (exact) mass is 251 g/mol. The fourth-order valence-electron chi connectivity index (χ4n) is 2.25. The van der Waals surface area contributed by atoms with Crippen LogP contribution in [0.2, 0.25) is 0 Å². The predicted molar refractivity (Wildman–Crippen MR) is 78.0 cm³/mol. The van der Waals surface area contributed by atoms with Gasteiger partial charge in [0.1, 0.15) is 0 Å². The zero-order valence-electron chi connectivity index (χ0n) is 11.2. The molecule has 0 atom stereocenters. The minimum Gasteiger partial charge on any atom is -0.325 e. The number of hydrogen-bond donors (Lipinski definition) is 1. The molecule has 96 valence electrons. The van der Waals surface area contributed by atoms with Gasteiger partial charge >= 0.3 is 0 Å². The van der Waals surface area contributed by atoms with Gasteiger partial charge in [-0.05, 0) is 42.7 Å². The Balaban J connectivity index is 2.11. The lowest BCUT2D eigenvalue weighted by atomic mass is 10.0. The second-order valence-electron chi connectivity index (χ2n) is 4.94. The summed E-state index contributed by atoms with van der Waals surface area (Å²) < 4.78 is 2.03. The fourth-order valence-corrected chi connectivity index (χ4v) is 2.25. The van der Waals surface area contributed by atoms with E-state index in [0.717, 1.165) is 11.2 Å². The first kappa shape index (κ1) is 11.9. The van der Waals surface area contributed by atoms with Crippen molar-refractivity contribution in [3.05, 3.63) is 59.7 Å². The minimum absolute atomic E-state index is 0.473. The molecule has 0 saturated carbocycles. The summed E-state index contributed by atoms with van der Waals surface area (Å²) in [6, 6.07) is 10.8. The van der Waals surface area contributed by atoms with Crippen molar-refractivity contribution in [3.8, 4) is 11.1 Å². The molecule has 0 radical (unpaired) electrons. The Hall–Kier alpha value is -2.13. The van der Waals surface area contributed by atoms with Gasteiger partial charge in [-0.1, -0.05) is 18.2 Å². The Morgan fingerprint density at radius 2 is 1.89 bits per heavy atom. The van der Waals surface area contributed by atoms with Crippen molar-refractivity contribution < 1.29 is 0 Å². The molecular formula is C16H17N3. The standard InChI is InChI=1S/C16H17N3/c1-11-3-4-13(5-12(11)2)14-6-16-7-15(8-17)18-10-19(16)9-14/h3-7,9-10H,8,17H2,1-2H3. The quantitative estimate of drug-likeness (QED) is 0.760. The van der Waals surface area contributed by atoms with E-state index in [1.165, 1.54) is 22.3 Å². The van der Waals surface area contributed by atoms with Crippen LogP contribution in [-0.4, -0.2) is 9.38 Å². The second kappa shape index (κ2) is 4.52. The number of aryl methyl sites for hydroxylation is 2. The number of fused-ring (bicyclic) bond motifs is 1. The van der Waals surface area contributed by atoms with E-state index in [9.17, 15) is 0 Å². The van der Waals surface area contributed by atoms with Crippen molar-refractivity contribution in [2.24, 2.45) is 5.73 Å². The summed E-state index contributed by atoms with van der Waals surface area (Å²) in [7, 11) is 0. The molecule has 0 amide bonds. The maximum absolute atomic E-state index is 5.62. The van der Waals surface area contributed by atoms with Crippen LogP contribution >= 0.6 is 0 Å². The molecule has 2 heterocycles. The largest absolute Gasteiger partial charge is 0.325 e. The van der Waals surface area contributed by atoms with Gasteiger partial charge in [-0.25, -0.2) is 4.98 Å². The van der Waals surface area contributed by atoms with Crippen LogP contribution in [0.25, 0.3) is 16.6 Å². The number of benzene rings is 1. The predicted octanol–water partition coefficient (Wildman–Crippen LogP) is 3.08. The first-order valence-electron chi connectivity index (χ1n) is 6.42. The molecule has 1 aromatic carbocycles. The van der Waals surface area contributed by atoms with Crippen molar-refractivity contribution in [3.63, 3.8) is 0 Å². The number of nitrogens with zero attached hydrogens (tertiary/aromatic N) is 2. The van der Waals surface area contributed by atoms with Crippen LogP contribution in [0.3, 0.4) is 0 Å². The molecule has 0 saturated heterocycles. The Bertz CT molecular complexity index is 741. The third-order valence-corrected chi connectivity index (χ3v) is 3.59. The summed E-state index contributed by atoms with van der Waals surface area (Å²) in [5.74, 6) is 0. The minimum atomic E-state index is 0.473. The molecule has 0 spiro atoms. The lowest BCUT2D eigenvalue weighted by molar-refractivity contribution is 0.953. The van der Waals surface area contributed by atoms with E-state index in [1.54, 1.807) is 0 Å². The van der Waals surface area contributed by atoms with Gasteiger partial charge in [0.25, 0.3) is 0 Å². The lowest BCUT2D eigenvalue weighted by Gasteiger charge is -2.02. The highest BCUT2D eigenvalue weighted by Gasteiger charge is 2.04. The fraction of sp³-hybridized carbons (Fsp3) is 0.188. The van der Waals surface area contributed by atoms with Crippen molar-refractivity contribution in [2.75, 3.05) is 0 Å². The van der Waals surface area contributed by atoms with E-state index in [4.69, 9.17) is 5.73 Å². The van der Waals surface area contributed by atoms with Gasteiger partial charge in [-0.3, -0.25) is 0 Å². The summed E-state index contributed by atoms with van der Waals surface area (Å²) in [6.07, 6.45) is 3.93. The summed E-state index contributed by atoms with van der Waals surface area (Å²) >= 11 is 0. The van der Waals surface area contributed by atoms with Crippen LogP contribution in [0.15, 0.2) is 42.9 Å². The Labute approximate surface area is 112 Å². The number of nitrogens with two attached hydrogens (primary N) is 1. The molecule has 3 heteroatoms. The summed E-state index contributed by atoms with van der Waals surface area (Å²) in [4.78, 5) is 4.30. The molecule has 0 aliphatic carbocycles. The first-order chi connectivity index (χ1) is 9.17. The SMILES string of the molecule is Cc1ccc(-c2cc3cc(CN)ncn3c2)cc1C. The Kier molecular flexibility index (Phi) is 2.84. The topological polar surface area (TPSA) is 43.3 Å². The second-order valence-corrected chi connectivity index (χ2v) is 4.94. The maximum Gasteiger partial charge on any atom is 0.0994 e. The summed E-state index contributed by atoms with van der Waals surface area (Å²) in [6.45, 7) is 4.75. The number of aromatic nitrogens is 2. The molecule has 3 nitrogen and oxygen atoms in total. The first-order valence-corrected chi connectivity index (χ1v) is 6.42. The van der Waals surface area contributed by atoms with Gasteiger partial charge in [-0.2, -0.15) is 0 Å². The summed E-state index contributed by atoms with van der Waals surface area (Å²) in [5.41, 5.74) is 12.7. The van der Waals surface area contributed by atoms with Crippen LogP contribution in [0.5, 0.6) is 0 Å². The smallest absolute Gasteiger partial charge is 0.0994 e. The van der Waals surface area contributed by atoms with Gasteiger partial charge in [0.2, 0.25) is 0 Å². The molecule has 0 fully saturated rings.